The van der Waals surface area contributed by atoms with Gasteiger partial charge in [0.2, 0.25) is 0 Å². The van der Waals surface area contributed by atoms with Crippen LogP contribution in [0.1, 0.15) is 6.42 Å². The van der Waals surface area contributed by atoms with Crippen molar-refractivity contribution in [3.8, 4) is 0 Å². The van der Waals surface area contributed by atoms with Gasteiger partial charge in [-0.1, -0.05) is 0 Å². The number of carbonyl (C=O) groups excluding carboxylic acids is 1. The molecule has 0 fully saturated rings. The fraction of sp³-hybridized carbons (Fsp3) is 0.900. The Balaban J connectivity index is 3.27. The lowest BCUT2D eigenvalue weighted by Gasteiger charge is -2.08. The highest BCUT2D eigenvalue weighted by molar-refractivity contribution is 5.71. The molecule has 0 unspecified atom stereocenters. The molecule has 8 heteroatoms. The summed E-state index contributed by atoms with van der Waals surface area (Å²) < 4.78 is 49.7. The summed E-state index contributed by atoms with van der Waals surface area (Å²) in [5.41, 5.74) is 0. The van der Waals surface area contributed by atoms with Crippen molar-refractivity contribution < 1.29 is 32.2 Å². The van der Waals surface area contributed by atoms with Crippen molar-refractivity contribution >= 4 is 5.97 Å². The van der Waals surface area contributed by atoms with Crippen LogP contribution < -0.4 is 5.32 Å². The normalized spacial score (nSPS) is 11.6. The molecule has 0 aliphatic rings. The number of alkyl halides is 3. The van der Waals surface area contributed by atoms with E-state index in [4.69, 9.17) is 9.47 Å². The highest BCUT2D eigenvalue weighted by Crippen LogP contribution is 2.11. The first kappa shape index (κ1) is 17.1. The van der Waals surface area contributed by atoms with E-state index in [1.54, 1.807) is 7.11 Å². The van der Waals surface area contributed by atoms with Crippen LogP contribution in [0.4, 0.5) is 13.2 Å². The summed E-state index contributed by atoms with van der Waals surface area (Å²) in [5.74, 6) is -0.736. The van der Waals surface area contributed by atoms with E-state index in [1.807, 2.05) is 5.32 Å². The Bertz CT molecular complexity index is 224. The molecule has 0 amide bonds. The van der Waals surface area contributed by atoms with E-state index in [1.165, 1.54) is 0 Å². The highest BCUT2D eigenvalue weighted by Gasteiger charge is 2.26. The predicted octanol–water partition coefficient (Wildman–Crippen LogP) is 0.735. The van der Waals surface area contributed by atoms with Crippen LogP contribution in [0.3, 0.4) is 0 Å². The molecular weight excluding hydrogens is 255 g/mol. The second-order valence-corrected chi connectivity index (χ2v) is 3.40. The molecule has 0 spiro atoms. The number of carbonyl (C=O) groups is 1. The topological polar surface area (TPSA) is 56.8 Å². The van der Waals surface area contributed by atoms with Crippen molar-refractivity contribution in [2.75, 3.05) is 46.6 Å². The Kier molecular flexibility index (Phi) is 9.62. The zero-order chi connectivity index (χ0) is 13.9. The Morgan fingerprint density at radius 2 is 1.89 bits per heavy atom. The first-order chi connectivity index (χ1) is 8.45. The van der Waals surface area contributed by atoms with Gasteiger partial charge in [0.15, 0.2) is 0 Å². The first-order valence-electron chi connectivity index (χ1n) is 5.45. The molecule has 18 heavy (non-hydrogen) atoms. The van der Waals surface area contributed by atoms with Gasteiger partial charge >= 0.3 is 12.1 Å². The standard InChI is InChI=1S/C10H18F3NO4/c1-16-3-2-4-17-5-6-18-9(15)7-14-8-10(11,12)13/h14H,2-8H2,1H3. The maximum absolute atomic E-state index is 11.7. The van der Waals surface area contributed by atoms with Crippen molar-refractivity contribution in [2.24, 2.45) is 0 Å². The Morgan fingerprint density at radius 1 is 1.17 bits per heavy atom. The van der Waals surface area contributed by atoms with Crippen molar-refractivity contribution in [3.05, 3.63) is 0 Å². The molecule has 108 valence electrons. The van der Waals surface area contributed by atoms with E-state index in [-0.39, 0.29) is 13.2 Å². The largest absolute Gasteiger partial charge is 0.462 e. The molecule has 0 aliphatic carbocycles. The molecule has 0 aromatic rings. The second kappa shape index (κ2) is 10.1. The summed E-state index contributed by atoms with van der Waals surface area (Å²) >= 11 is 0. The third kappa shape index (κ3) is 13.2. The smallest absolute Gasteiger partial charge is 0.401 e. The van der Waals surface area contributed by atoms with Gasteiger partial charge in [0.05, 0.1) is 19.7 Å². The summed E-state index contributed by atoms with van der Waals surface area (Å²) in [5, 5.41) is 1.94. The Morgan fingerprint density at radius 3 is 2.50 bits per heavy atom. The Hall–Kier alpha value is -0.860. The Labute approximate surface area is 104 Å². The number of nitrogens with one attached hydrogen (secondary N) is 1. The minimum Gasteiger partial charge on any atom is -0.462 e. The van der Waals surface area contributed by atoms with Gasteiger partial charge in [-0.3, -0.25) is 10.1 Å². The van der Waals surface area contributed by atoms with E-state index >= 15 is 0 Å². The van der Waals surface area contributed by atoms with Crippen LogP contribution in [0.2, 0.25) is 0 Å². The van der Waals surface area contributed by atoms with Crippen molar-refractivity contribution in [1.29, 1.82) is 0 Å². The molecule has 1 N–H and O–H groups in total. The van der Waals surface area contributed by atoms with Gasteiger partial charge in [-0.05, 0) is 6.42 Å². The van der Waals surface area contributed by atoms with E-state index in [2.05, 4.69) is 4.74 Å². The third-order valence-electron chi connectivity index (χ3n) is 1.72. The summed E-state index contributed by atoms with van der Waals surface area (Å²) in [6.45, 7) is -0.369. The van der Waals surface area contributed by atoms with Gasteiger partial charge in [-0.15, -0.1) is 0 Å². The number of methoxy groups -OCH3 is 1. The van der Waals surface area contributed by atoms with Gasteiger partial charge in [0.1, 0.15) is 6.61 Å². The van der Waals surface area contributed by atoms with Crippen LogP contribution in [0.5, 0.6) is 0 Å². The molecule has 0 rings (SSSR count). The average molecular weight is 273 g/mol. The maximum Gasteiger partial charge on any atom is 0.401 e. The zero-order valence-electron chi connectivity index (χ0n) is 10.2. The van der Waals surface area contributed by atoms with E-state index in [9.17, 15) is 18.0 Å². The SMILES string of the molecule is COCCCOCCOC(=O)CNCC(F)(F)F. The van der Waals surface area contributed by atoms with E-state index in [0.29, 0.717) is 13.2 Å². The fourth-order valence-corrected chi connectivity index (χ4v) is 0.979. The lowest BCUT2D eigenvalue weighted by atomic mass is 10.5. The minimum absolute atomic E-state index is 0.0273. The quantitative estimate of drug-likeness (QED) is 0.470. The highest BCUT2D eigenvalue weighted by atomic mass is 19.4. The van der Waals surface area contributed by atoms with Crippen molar-refractivity contribution in [1.82, 2.24) is 5.32 Å². The number of rotatable bonds is 10. The van der Waals surface area contributed by atoms with Crippen LogP contribution in [0.25, 0.3) is 0 Å². The third-order valence-corrected chi connectivity index (χ3v) is 1.72. The summed E-state index contributed by atoms with van der Waals surface area (Å²) in [6, 6.07) is 0. The van der Waals surface area contributed by atoms with E-state index < -0.39 is 25.2 Å². The molecule has 0 bridgehead atoms. The van der Waals surface area contributed by atoms with E-state index in [0.717, 1.165) is 6.42 Å². The molecule has 0 saturated carbocycles. The maximum atomic E-state index is 11.7. The first-order valence-corrected chi connectivity index (χ1v) is 5.45. The number of hydrogen-bond donors (Lipinski definition) is 1. The van der Waals surface area contributed by atoms with Crippen molar-refractivity contribution in [3.63, 3.8) is 0 Å². The predicted molar refractivity (Wildman–Crippen MR) is 57.2 cm³/mol. The van der Waals surface area contributed by atoms with Gasteiger partial charge in [-0.2, -0.15) is 13.2 Å². The van der Waals surface area contributed by atoms with Crippen LogP contribution in [-0.2, 0) is 19.0 Å². The second-order valence-electron chi connectivity index (χ2n) is 3.40. The minimum atomic E-state index is -4.33. The molecule has 0 aromatic carbocycles. The lowest BCUT2D eigenvalue weighted by molar-refractivity contribution is -0.146. The molecule has 0 aromatic heterocycles. The molecular formula is C10H18F3NO4. The summed E-state index contributed by atoms with van der Waals surface area (Å²) in [7, 11) is 1.58. The summed E-state index contributed by atoms with van der Waals surface area (Å²) in [4.78, 5) is 10.9. The molecule has 0 radical (unpaired) electrons. The van der Waals surface area contributed by atoms with Crippen LogP contribution >= 0.6 is 0 Å². The number of halogens is 3. The van der Waals surface area contributed by atoms with Gasteiger partial charge < -0.3 is 14.2 Å². The summed E-state index contributed by atoms with van der Waals surface area (Å²) in [6.07, 6.45) is -3.59. The number of ether oxygens (including phenoxy) is 3. The monoisotopic (exact) mass is 273 g/mol. The van der Waals surface area contributed by atoms with Crippen LogP contribution in [-0.4, -0.2) is 58.8 Å². The van der Waals surface area contributed by atoms with Gasteiger partial charge in [-0.25, -0.2) is 0 Å². The van der Waals surface area contributed by atoms with Crippen LogP contribution in [0.15, 0.2) is 0 Å². The van der Waals surface area contributed by atoms with Crippen molar-refractivity contribution in [2.45, 2.75) is 12.6 Å². The fourth-order valence-electron chi connectivity index (χ4n) is 0.979. The lowest BCUT2D eigenvalue weighted by Crippen LogP contribution is -2.33. The molecule has 0 saturated heterocycles. The molecule has 0 heterocycles. The van der Waals surface area contributed by atoms with Crippen LogP contribution in [0, 0.1) is 0 Å². The molecule has 0 atom stereocenters. The molecule has 0 aliphatic heterocycles. The average Bonchev–Trinajstić information content (AvgIpc) is 2.26. The van der Waals surface area contributed by atoms with Gasteiger partial charge in [0, 0.05) is 20.3 Å². The van der Waals surface area contributed by atoms with Gasteiger partial charge in [0.25, 0.3) is 0 Å². The molecule has 5 nitrogen and oxygen atoms in total. The number of hydrogen-bond acceptors (Lipinski definition) is 5. The number of esters is 1. The zero-order valence-corrected chi connectivity index (χ0v) is 10.2.